The SMILES string of the molecule is CCC[C@H](N)c1cccnc1.Cl. The van der Waals surface area contributed by atoms with Gasteiger partial charge in [0.2, 0.25) is 0 Å². The van der Waals surface area contributed by atoms with Crippen molar-refractivity contribution in [1.82, 2.24) is 4.98 Å². The van der Waals surface area contributed by atoms with Crippen LogP contribution in [0.4, 0.5) is 0 Å². The zero-order valence-corrected chi connectivity index (χ0v) is 8.05. The lowest BCUT2D eigenvalue weighted by Gasteiger charge is -2.08. The predicted molar refractivity (Wildman–Crippen MR) is 53.3 cm³/mol. The van der Waals surface area contributed by atoms with Gasteiger partial charge in [-0.15, -0.1) is 12.4 Å². The molecule has 0 aliphatic carbocycles. The van der Waals surface area contributed by atoms with Crippen LogP contribution in [0.3, 0.4) is 0 Å². The van der Waals surface area contributed by atoms with E-state index in [4.69, 9.17) is 5.73 Å². The Morgan fingerprint density at radius 3 is 2.83 bits per heavy atom. The lowest BCUT2D eigenvalue weighted by molar-refractivity contribution is 0.636. The normalized spacial score (nSPS) is 11.8. The van der Waals surface area contributed by atoms with Gasteiger partial charge in [0, 0.05) is 18.4 Å². The maximum atomic E-state index is 5.87. The maximum absolute atomic E-state index is 5.87. The molecule has 0 saturated carbocycles. The van der Waals surface area contributed by atoms with E-state index in [1.54, 1.807) is 6.20 Å². The van der Waals surface area contributed by atoms with Gasteiger partial charge in [-0.3, -0.25) is 4.98 Å². The molecule has 0 spiro atoms. The number of rotatable bonds is 3. The Kier molecular flexibility index (Phi) is 5.68. The van der Waals surface area contributed by atoms with Gasteiger partial charge >= 0.3 is 0 Å². The van der Waals surface area contributed by atoms with Crippen molar-refractivity contribution in [2.75, 3.05) is 0 Å². The van der Waals surface area contributed by atoms with E-state index >= 15 is 0 Å². The molecule has 0 saturated heterocycles. The summed E-state index contributed by atoms with van der Waals surface area (Å²) in [5.41, 5.74) is 7.00. The predicted octanol–water partition coefficient (Wildman–Crippen LogP) is 2.30. The second kappa shape index (κ2) is 5.98. The van der Waals surface area contributed by atoms with Crippen molar-refractivity contribution in [1.29, 1.82) is 0 Å². The van der Waals surface area contributed by atoms with Crippen LogP contribution in [0, 0.1) is 0 Å². The van der Waals surface area contributed by atoms with Gasteiger partial charge in [-0.1, -0.05) is 19.4 Å². The Balaban J connectivity index is 0.00000121. The Morgan fingerprint density at radius 1 is 1.58 bits per heavy atom. The first-order chi connectivity index (χ1) is 5.34. The van der Waals surface area contributed by atoms with Crippen molar-refractivity contribution >= 4 is 12.4 Å². The minimum Gasteiger partial charge on any atom is -0.324 e. The molecular formula is C9H15ClN2. The highest BCUT2D eigenvalue weighted by Gasteiger charge is 2.02. The third-order valence-corrected chi connectivity index (χ3v) is 1.71. The van der Waals surface area contributed by atoms with E-state index in [0.29, 0.717) is 0 Å². The molecular weight excluding hydrogens is 172 g/mol. The van der Waals surface area contributed by atoms with Crippen LogP contribution < -0.4 is 5.73 Å². The van der Waals surface area contributed by atoms with Gasteiger partial charge in [0.15, 0.2) is 0 Å². The molecule has 0 radical (unpaired) electrons. The van der Waals surface area contributed by atoms with Crippen molar-refractivity contribution in [3.8, 4) is 0 Å². The number of aromatic nitrogens is 1. The largest absolute Gasteiger partial charge is 0.324 e. The summed E-state index contributed by atoms with van der Waals surface area (Å²) in [6, 6.07) is 4.10. The molecule has 1 atom stereocenters. The first-order valence-electron chi connectivity index (χ1n) is 4.00. The quantitative estimate of drug-likeness (QED) is 0.787. The van der Waals surface area contributed by atoms with Crippen LogP contribution in [0.15, 0.2) is 24.5 Å². The summed E-state index contributed by atoms with van der Waals surface area (Å²) < 4.78 is 0. The van der Waals surface area contributed by atoms with Crippen LogP contribution in [0.25, 0.3) is 0 Å². The standard InChI is InChI=1S/C9H14N2.ClH/c1-2-4-9(10)8-5-3-6-11-7-8;/h3,5-7,9H,2,4,10H2,1H3;1H/t9-;/m0./s1. The average molecular weight is 187 g/mol. The summed E-state index contributed by atoms with van der Waals surface area (Å²) in [5.74, 6) is 0. The molecule has 3 heteroatoms. The zero-order chi connectivity index (χ0) is 8.10. The summed E-state index contributed by atoms with van der Waals surface area (Å²) in [7, 11) is 0. The van der Waals surface area contributed by atoms with Gasteiger partial charge in [-0.2, -0.15) is 0 Å². The number of pyridine rings is 1. The van der Waals surface area contributed by atoms with Gasteiger partial charge in [-0.25, -0.2) is 0 Å². The molecule has 2 nitrogen and oxygen atoms in total. The molecule has 12 heavy (non-hydrogen) atoms. The minimum atomic E-state index is 0. The smallest absolute Gasteiger partial charge is 0.0315 e. The molecule has 0 unspecified atom stereocenters. The van der Waals surface area contributed by atoms with Crippen LogP contribution in [-0.4, -0.2) is 4.98 Å². The zero-order valence-electron chi connectivity index (χ0n) is 7.23. The molecule has 0 fully saturated rings. The van der Waals surface area contributed by atoms with Crippen molar-refractivity contribution in [3.63, 3.8) is 0 Å². The average Bonchev–Trinajstić information content (AvgIpc) is 2.07. The van der Waals surface area contributed by atoms with Gasteiger partial charge in [0.05, 0.1) is 0 Å². The Bertz CT molecular complexity index is 201. The summed E-state index contributed by atoms with van der Waals surface area (Å²) in [6.45, 7) is 2.14. The Labute approximate surface area is 79.6 Å². The first kappa shape index (κ1) is 11.4. The van der Waals surface area contributed by atoms with E-state index in [2.05, 4.69) is 11.9 Å². The van der Waals surface area contributed by atoms with Crippen LogP contribution in [0.1, 0.15) is 31.4 Å². The maximum Gasteiger partial charge on any atom is 0.0315 e. The molecule has 0 aromatic carbocycles. The second-order valence-corrected chi connectivity index (χ2v) is 2.68. The minimum absolute atomic E-state index is 0. The van der Waals surface area contributed by atoms with Gasteiger partial charge in [0.1, 0.15) is 0 Å². The van der Waals surface area contributed by atoms with E-state index in [1.165, 1.54) is 0 Å². The molecule has 1 aromatic heterocycles. The highest BCUT2D eigenvalue weighted by atomic mass is 35.5. The number of nitrogens with two attached hydrogens (primary N) is 1. The fourth-order valence-electron chi connectivity index (χ4n) is 1.07. The second-order valence-electron chi connectivity index (χ2n) is 2.68. The molecule has 0 amide bonds. The van der Waals surface area contributed by atoms with Crippen LogP contribution >= 0.6 is 12.4 Å². The topological polar surface area (TPSA) is 38.9 Å². The molecule has 68 valence electrons. The Morgan fingerprint density at radius 2 is 2.33 bits per heavy atom. The van der Waals surface area contributed by atoms with Crippen molar-refractivity contribution in [3.05, 3.63) is 30.1 Å². The third-order valence-electron chi connectivity index (χ3n) is 1.71. The number of nitrogens with zero attached hydrogens (tertiary/aromatic N) is 1. The van der Waals surface area contributed by atoms with E-state index in [0.717, 1.165) is 18.4 Å². The van der Waals surface area contributed by atoms with Crippen LogP contribution in [-0.2, 0) is 0 Å². The number of hydrogen-bond donors (Lipinski definition) is 1. The highest BCUT2D eigenvalue weighted by molar-refractivity contribution is 5.85. The van der Waals surface area contributed by atoms with Gasteiger partial charge in [-0.05, 0) is 18.1 Å². The number of halogens is 1. The molecule has 0 aliphatic heterocycles. The van der Waals surface area contributed by atoms with Gasteiger partial charge < -0.3 is 5.73 Å². The number of hydrogen-bond acceptors (Lipinski definition) is 2. The Hall–Kier alpha value is -0.600. The summed E-state index contributed by atoms with van der Waals surface area (Å²) in [5, 5.41) is 0. The van der Waals surface area contributed by atoms with E-state index in [9.17, 15) is 0 Å². The molecule has 0 bridgehead atoms. The van der Waals surface area contributed by atoms with E-state index < -0.39 is 0 Å². The van der Waals surface area contributed by atoms with Crippen LogP contribution in [0.2, 0.25) is 0 Å². The highest BCUT2D eigenvalue weighted by Crippen LogP contribution is 2.12. The van der Waals surface area contributed by atoms with E-state index in [1.807, 2.05) is 18.3 Å². The molecule has 2 N–H and O–H groups in total. The first-order valence-corrected chi connectivity index (χ1v) is 4.00. The van der Waals surface area contributed by atoms with Crippen LogP contribution in [0.5, 0.6) is 0 Å². The summed E-state index contributed by atoms with van der Waals surface area (Å²) in [6.07, 6.45) is 5.75. The lowest BCUT2D eigenvalue weighted by Crippen LogP contribution is -2.09. The lowest BCUT2D eigenvalue weighted by atomic mass is 10.1. The van der Waals surface area contributed by atoms with Crippen molar-refractivity contribution in [2.45, 2.75) is 25.8 Å². The summed E-state index contributed by atoms with van der Waals surface area (Å²) >= 11 is 0. The molecule has 1 aromatic rings. The monoisotopic (exact) mass is 186 g/mol. The van der Waals surface area contributed by atoms with Gasteiger partial charge in [0.25, 0.3) is 0 Å². The van der Waals surface area contributed by atoms with E-state index in [-0.39, 0.29) is 18.4 Å². The molecule has 1 heterocycles. The fourth-order valence-corrected chi connectivity index (χ4v) is 1.07. The van der Waals surface area contributed by atoms with Crippen molar-refractivity contribution < 1.29 is 0 Å². The van der Waals surface area contributed by atoms with Crippen molar-refractivity contribution in [2.24, 2.45) is 5.73 Å². The fraction of sp³-hybridized carbons (Fsp3) is 0.444. The molecule has 1 rings (SSSR count). The summed E-state index contributed by atoms with van der Waals surface area (Å²) in [4.78, 5) is 4.01. The third kappa shape index (κ3) is 3.20. The molecule has 0 aliphatic rings.